The van der Waals surface area contributed by atoms with Gasteiger partial charge in [-0.1, -0.05) is 6.92 Å². The van der Waals surface area contributed by atoms with Crippen LogP contribution in [0.3, 0.4) is 0 Å². The number of hydrogen-bond donors (Lipinski definition) is 0. The minimum absolute atomic E-state index is 0.815. The van der Waals surface area contributed by atoms with Crippen molar-refractivity contribution in [2.75, 3.05) is 0 Å². The quantitative estimate of drug-likeness (QED) is 0.548. The van der Waals surface area contributed by atoms with Crippen molar-refractivity contribution in [3.63, 3.8) is 0 Å². The Morgan fingerprint density at radius 3 is 2.91 bits per heavy atom. The topological polar surface area (TPSA) is 26.9 Å². The molecule has 0 aliphatic carbocycles. The third kappa shape index (κ3) is 1.93. The summed E-state index contributed by atoms with van der Waals surface area (Å²) in [4.78, 5) is 0. The fourth-order valence-corrected chi connectivity index (χ4v) is 1.49. The van der Waals surface area contributed by atoms with Gasteiger partial charge in [0.05, 0.1) is 4.47 Å². The first-order chi connectivity index (χ1) is 5.25. The van der Waals surface area contributed by atoms with Gasteiger partial charge in [0.25, 0.3) is 0 Å². The van der Waals surface area contributed by atoms with Crippen LogP contribution in [0.2, 0.25) is 0 Å². The Balaban J connectivity index is 3.00. The predicted octanol–water partition coefficient (Wildman–Crippen LogP) is 2.03. The molecule has 11 heavy (non-hydrogen) atoms. The van der Waals surface area contributed by atoms with Crippen molar-refractivity contribution in [2.45, 2.75) is 19.8 Å². The van der Waals surface area contributed by atoms with Crippen LogP contribution in [0.4, 0.5) is 0 Å². The van der Waals surface area contributed by atoms with Crippen LogP contribution in [-0.4, -0.2) is 0 Å². The fourth-order valence-electron chi connectivity index (χ4n) is 0.964. The van der Waals surface area contributed by atoms with Gasteiger partial charge >= 0.3 is 0 Å². The summed E-state index contributed by atoms with van der Waals surface area (Å²) in [6.07, 6.45) is 3.34. The van der Waals surface area contributed by atoms with Gasteiger partial charge in [-0.25, -0.2) is 0 Å². The Bertz CT molecular complexity index is 230. The van der Waals surface area contributed by atoms with Crippen molar-refractivity contribution in [1.29, 1.82) is 0 Å². The summed E-state index contributed by atoms with van der Waals surface area (Å²) in [7, 11) is 0. The molecule has 0 amide bonds. The minimum Gasteiger partial charge on any atom is -0.618 e. The summed E-state index contributed by atoms with van der Waals surface area (Å²) in [5.41, 5.74) is 0.815. The normalized spacial score (nSPS) is 10.0. The van der Waals surface area contributed by atoms with Gasteiger partial charge in [0.2, 0.25) is 5.69 Å². The average molecular weight is 216 g/mol. The molecule has 0 saturated carbocycles. The molecule has 0 aliphatic rings. The van der Waals surface area contributed by atoms with E-state index in [1.165, 1.54) is 6.20 Å². The molecular weight excluding hydrogens is 206 g/mol. The van der Waals surface area contributed by atoms with Crippen LogP contribution in [0.15, 0.2) is 22.8 Å². The molecule has 0 fully saturated rings. The van der Waals surface area contributed by atoms with Crippen LogP contribution >= 0.6 is 15.9 Å². The molecule has 0 aliphatic heterocycles. The highest BCUT2D eigenvalue weighted by Crippen LogP contribution is 2.12. The number of aromatic nitrogens is 1. The number of nitrogens with zero attached hydrogens (tertiary/aromatic N) is 1. The molecule has 0 atom stereocenters. The van der Waals surface area contributed by atoms with E-state index >= 15 is 0 Å². The van der Waals surface area contributed by atoms with Crippen molar-refractivity contribution in [3.8, 4) is 0 Å². The molecule has 60 valence electrons. The summed E-state index contributed by atoms with van der Waals surface area (Å²) in [6.45, 7) is 2.06. The molecule has 0 unspecified atom stereocenters. The van der Waals surface area contributed by atoms with Crippen LogP contribution in [-0.2, 0) is 6.42 Å². The molecule has 1 heterocycles. The van der Waals surface area contributed by atoms with E-state index < -0.39 is 0 Å². The highest BCUT2D eigenvalue weighted by atomic mass is 79.9. The van der Waals surface area contributed by atoms with Crippen molar-refractivity contribution >= 4 is 15.9 Å². The van der Waals surface area contributed by atoms with E-state index in [1.54, 1.807) is 6.07 Å². The minimum atomic E-state index is 0.815. The first-order valence-corrected chi connectivity index (χ1v) is 4.41. The number of hydrogen-bond acceptors (Lipinski definition) is 1. The SMILES string of the molecule is CCCc1c(Br)ccc[n+]1[O-]. The lowest BCUT2D eigenvalue weighted by Crippen LogP contribution is -2.31. The Kier molecular flexibility index (Phi) is 2.88. The lowest BCUT2D eigenvalue weighted by Gasteiger charge is -2.03. The largest absolute Gasteiger partial charge is 0.618 e. The Morgan fingerprint density at radius 1 is 1.64 bits per heavy atom. The van der Waals surface area contributed by atoms with Gasteiger partial charge in [0.15, 0.2) is 6.20 Å². The van der Waals surface area contributed by atoms with Crippen LogP contribution < -0.4 is 4.73 Å². The smallest absolute Gasteiger partial charge is 0.206 e. The molecule has 2 nitrogen and oxygen atoms in total. The van der Waals surface area contributed by atoms with E-state index in [2.05, 4.69) is 22.9 Å². The maximum atomic E-state index is 11.1. The van der Waals surface area contributed by atoms with Gasteiger partial charge < -0.3 is 5.21 Å². The molecule has 0 radical (unpaired) electrons. The third-order valence-electron chi connectivity index (χ3n) is 1.49. The van der Waals surface area contributed by atoms with Crippen LogP contribution in [0.25, 0.3) is 0 Å². The second-order valence-corrected chi connectivity index (χ2v) is 3.23. The Morgan fingerprint density at radius 2 is 2.36 bits per heavy atom. The van der Waals surface area contributed by atoms with Gasteiger partial charge in [-0.05, 0) is 28.4 Å². The van der Waals surface area contributed by atoms with E-state index in [1.807, 2.05) is 6.07 Å². The Labute approximate surface area is 74.6 Å². The highest BCUT2D eigenvalue weighted by molar-refractivity contribution is 9.10. The molecule has 1 rings (SSSR count). The summed E-state index contributed by atoms with van der Waals surface area (Å²) >= 11 is 3.33. The lowest BCUT2D eigenvalue weighted by molar-refractivity contribution is -0.614. The summed E-state index contributed by atoms with van der Waals surface area (Å²) in [5.74, 6) is 0. The van der Waals surface area contributed by atoms with Crippen LogP contribution in [0.5, 0.6) is 0 Å². The van der Waals surface area contributed by atoms with Crippen molar-refractivity contribution in [1.82, 2.24) is 0 Å². The number of halogens is 1. The zero-order valence-corrected chi connectivity index (χ0v) is 7.97. The van der Waals surface area contributed by atoms with Crippen LogP contribution in [0, 0.1) is 5.21 Å². The monoisotopic (exact) mass is 215 g/mol. The fraction of sp³-hybridized carbons (Fsp3) is 0.375. The molecule has 1 aromatic heterocycles. The zero-order valence-electron chi connectivity index (χ0n) is 6.38. The third-order valence-corrected chi connectivity index (χ3v) is 2.21. The van der Waals surface area contributed by atoms with Gasteiger partial charge in [-0.3, -0.25) is 0 Å². The van der Waals surface area contributed by atoms with Crippen molar-refractivity contribution in [2.24, 2.45) is 0 Å². The summed E-state index contributed by atoms with van der Waals surface area (Å²) in [5, 5.41) is 11.1. The molecule has 3 heteroatoms. The van der Waals surface area contributed by atoms with E-state index in [0.29, 0.717) is 0 Å². The summed E-state index contributed by atoms with van der Waals surface area (Å²) < 4.78 is 1.81. The first kappa shape index (κ1) is 8.53. The Hall–Kier alpha value is -0.570. The zero-order chi connectivity index (χ0) is 8.27. The summed E-state index contributed by atoms with van der Waals surface area (Å²) in [6, 6.07) is 3.62. The molecule has 0 aromatic carbocycles. The highest BCUT2D eigenvalue weighted by Gasteiger charge is 2.07. The maximum Gasteiger partial charge on any atom is 0.206 e. The predicted molar refractivity (Wildman–Crippen MR) is 47.1 cm³/mol. The number of pyridine rings is 1. The van der Waals surface area contributed by atoms with E-state index in [0.717, 1.165) is 27.7 Å². The van der Waals surface area contributed by atoms with Crippen LogP contribution in [0.1, 0.15) is 19.0 Å². The average Bonchev–Trinajstić information content (AvgIpc) is 1.97. The first-order valence-electron chi connectivity index (χ1n) is 3.62. The van der Waals surface area contributed by atoms with E-state index in [-0.39, 0.29) is 0 Å². The second kappa shape index (κ2) is 3.72. The van der Waals surface area contributed by atoms with Gasteiger partial charge in [-0.15, -0.1) is 0 Å². The van der Waals surface area contributed by atoms with Crippen molar-refractivity contribution < 1.29 is 4.73 Å². The molecule has 0 saturated heterocycles. The van der Waals surface area contributed by atoms with E-state index in [4.69, 9.17) is 0 Å². The molecule has 0 bridgehead atoms. The standard InChI is InChI=1S/C8H10BrNO/c1-2-4-8-7(9)5-3-6-10(8)11/h3,5-6H,2,4H2,1H3. The molecule has 0 N–H and O–H groups in total. The maximum absolute atomic E-state index is 11.1. The van der Waals surface area contributed by atoms with Gasteiger partial charge in [0.1, 0.15) is 0 Å². The van der Waals surface area contributed by atoms with Crippen molar-refractivity contribution in [3.05, 3.63) is 33.7 Å². The number of rotatable bonds is 2. The van der Waals surface area contributed by atoms with E-state index in [9.17, 15) is 5.21 Å². The lowest BCUT2D eigenvalue weighted by atomic mass is 10.2. The molecule has 0 spiro atoms. The van der Waals surface area contributed by atoms with Gasteiger partial charge in [-0.2, -0.15) is 4.73 Å². The molecular formula is C8H10BrNO. The molecule has 1 aromatic rings. The second-order valence-electron chi connectivity index (χ2n) is 2.38. The van der Waals surface area contributed by atoms with Gasteiger partial charge in [0, 0.05) is 12.5 Å².